The fraction of sp³-hybridized carbons (Fsp3) is 0.636. The van der Waals surface area contributed by atoms with Crippen molar-refractivity contribution >= 4 is 37.3 Å². The Morgan fingerprint density at radius 2 is 2.17 bits per heavy atom. The Hall–Kier alpha value is 0.0500. The lowest BCUT2D eigenvalue weighted by Gasteiger charge is -2.08. The molecule has 0 spiro atoms. The topological polar surface area (TPSA) is 55.4 Å². The third kappa shape index (κ3) is 5.36. The van der Waals surface area contributed by atoms with E-state index in [1.54, 1.807) is 11.4 Å². The van der Waals surface area contributed by atoms with Crippen molar-refractivity contribution in [1.29, 1.82) is 0 Å². The predicted octanol–water partition coefficient (Wildman–Crippen LogP) is 2.99. The highest BCUT2D eigenvalue weighted by Crippen LogP contribution is 2.27. The second-order valence-corrected chi connectivity index (χ2v) is 7.81. The van der Waals surface area contributed by atoms with E-state index in [4.69, 9.17) is 4.74 Å². The van der Waals surface area contributed by atoms with Crippen LogP contribution in [0, 0.1) is 0 Å². The van der Waals surface area contributed by atoms with Crippen LogP contribution in [-0.2, 0) is 14.8 Å². The molecule has 1 heterocycles. The molecule has 0 bridgehead atoms. The van der Waals surface area contributed by atoms with E-state index in [-0.39, 0.29) is 6.10 Å². The monoisotopic (exact) mass is 355 g/mol. The minimum absolute atomic E-state index is 0.226. The van der Waals surface area contributed by atoms with Crippen molar-refractivity contribution in [3.63, 3.8) is 0 Å². The van der Waals surface area contributed by atoms with Crippen LogP contribution < -0.4 is 4.72 Å². The first-order chi connectivity index (χ1) is 8.43. The molecule has 0 unspecified atom stereocenters. The zero-order chi connectivity index (χ0) is 13.6. The van der Waals surface area contributed by atoms with Gasteiger partial charge in [0.05, 0.1) is 6.10 Å². The van der Waals surface area contributed by atoms with Gasteiger partial charge in [-0.25, -0.2) is 13.1 Å². The molecule has 104 valence electrons. The summed E-state index contributed by atoms with van der Waals surface area (Å²) < 4.78 is 32.7. The minimum atomic E-state index is -3.37. The van der Waals surface area contributed by atoms with E-state index in [9.17, 15) is 8.42 Å². The van der Waals surface area contributed by atoms with Gasteiger partial charge in [-0.2, -0.15) is 0 Å². The first kappa shape index (κ1) is 16.1. The van der Waals surface area contributed by atoms with E-state index in [0.29, 0.717) is 21.8 Å². The highest BCUT2D eigenvalue weighted by Gasteiger charge is 2.18. The molecule has 1 rings (SSSR count). The number of thiophene rings is 1. The van der Waals surface area contributed by atoms with Gasteiger partial charge in [-0.15, -0.1) is 11.3 Å². The van der Waals surface area contributed by atoms with Crippen LogP contribution in [0.4, 0.5) is 0 Å². The van der Waals surface area contributed by atoms with E-state index >= 15 is 0 Å². The van der Waals surface area contributed by atoms with Crippen molar-refractivity contribution in [2.45, 2.75) is 37.0 Å². The number of hydrogen-bond acceptors (Lipinski definition) is 4. The van der Waals surface area contributed by atoms with Crippen LogP contribution in [0.3, 0.4) is 0 Å². The van der Waals surface area contributed by atoms with Crippen LogP contribution in [-0.4, -0.2) is 27.7 Å². The van der Waals surface area contributed by atoms with Crippen molar-refractivity contribution in [2.75, 3.05) is 13.2 Å². The largest absolute Gasteiger partial charge is 0.379 e. The molecule has 0 aliphatic carbocycles. The molecule has 18 heavy (non-hydrogen) atoms. The van der Waals surface area contributed by atoms with Crippen molar-refractivity contribution < 1.29 is 13.2 Å². The first-order valence-corrected chi connectivity index (χ1v) is 8.93. The number of hydrogen-bond donors (Lipinski definition) is 1. The van der Waals surface area contributed by atoms with Gasteiger partial charge < -0.3 is 4.74 Å². The van der Waals surface area contributed by atoms with Gasteiger partial charge in [-0.1, -0.05) is 0 Å². The third-order valence-electron chi connectivity index (χ3n) is 2.14. The van der Waals surface area contributed by atoms with Crippen molar-refractivity contribution in [2.24, 2.45) is 0 Å². The van der Waals surface area contributed by atoms with Crippen LogP contribution in [0.25, 0.3) is 0 Å². The molecule has 1 aromatic heterocycles. The average Bonchev–Trinajstić information content (AvgIpc) is 2.70. The molecule has 0 saturated heterocycles. The van der Waals surface area contributed by atoms with Crippen LogP contribution in [0.1, 0.15) is 26.7 Å². The highest BCUT2D eigenvalue weighted by molar-refractivity contribution is 9.10. The number of ether oxygens (including phenoxy) is 1. The second kappa shape index (κ2) is 7.59. The molecule has 7 heteroatoms. The highest BCUT2D eigenvalue weighted by atomic mass is 79.9. The Labute approximate surface area is 121 Å². The third-order valence-corrected chi connectivity index (χ3v) is 6.27. The lowest BCUT2D eigenvalue weighted by Crippen LogP contribution is -2.24. The van der Waals surface area contributed by atoms with Crippen LogP contribution in [0.15, 0.2) is 20.1 Å². The molecular formula is C11H18BrNO3S2. The number of rotatable bonds is 8. The average molecular weight is 356 g/mol. The summed E-state index contributed by atoms with van der Waals surface area (Å²) in [7, 11) is -3.37. The Balaban J connectivity index is 2.29. The summed E-state index contributed by atoms with van der Waals surface area (Å²) in [5.41, 5.74) is 0. The van der Waals surface area contributed by atoms with Gasteiger partial charge in [0, 0.05) is 17.6 Å². The lowest BCUT2D eigenvalue weighted by molar-refractivity contribution is 0.0762. The van der Waals surface area contributed by atoms with E-state index in [2.05, 4.69) is 20.7 Å². The molecule has 0 atom stereocenters. The predicted molar refractivity (Wildman–Crippen MR) is 77.5 cm³/mol. The maximum atomic E-state index is 11.9. The molecule has 0 saturated carbocycles. The van der Waals surface area contributed by atoms with E-state index < -0.39 is 10.0 Å². The maximum absolute atomic E-state index is 11.9. The van der Waals surface area contributed by atoms with E-state index in [1.807, 2.05) is 13.8 Å². The van der Waals surface area contributed by atoms with Crippen molar-refractivity contribution in [3.8, 4) is 0 Å². The van der Waals surface area contributed by atoms with Gasteiger partial charge in [-0.3, -0.25) is 0 Å². The van der Waals surface area contributed by atoms with Crippen LogP contribution in [0.2, 0.25) is 0 Å². The van der Waals surface area contributed by atoms with Crippen molar-refractivity contribution in [1.82, 2.24) is 4.72 Å². The molecule has 0 radical (unpaired) electrons. The molecule has 0 fully saturated rings. The van der Waals surface area contributed by atoms with Gasteiger partial charge in [0.25, 0.3) is 10.0 Å². The fourth-order valence-electron chi connectivity index (χ4n) is 1.29. The number of sulfonamides is 1. The number of nitrogens with one attached hydrogen (secondary N) is 1. The zero-order valence-electron chi connectivity index (χ0n) is 10.5. The summed E-state index contributed by atoms with van der Waals surface area (Å²) in [6.45, 7) is 5.07. The smallest absolute Gasteiger partial charge is 0.251 e. The fourth-order valence-corrected chi connectivity index (χ4v) is 4.74. The zero-order valence-corrected chi connectivity index (χ0v) is 13.7. The SMILES string of the molecule is CC(C)OCCCCNS(=O)(=O)c1sccc1Br. The molecule has 0 aliphatic heterocycles. The Bertz CT molecular complexity index is 457. The number of unbranched alkanes of at least 4 members (excludes halogenated alkanes) is 1. The quantitative estimate of drug-likeness (QED) is 0.729. The summed E-state index contributed by atoms with van der Waals surface area (Å²) in [4.78, 5) is 0. The second-order valence-electron chi connectivity index (χ2n) is 4.08. The molecule has 1 aromatic rings. The summed E-state index contributed by atoms with van der Waals surface area (Å²) in [5, 5.41) is 1.75. The van der Waals surface area contributed by atoms with Crippen LogP contribution >= 0.6 is 27.3 Å². The molecule has 0 amide bonds. The van der Waals surface area contributed by atoms with Gasteiger partial charge in [0.1, 0.15) is 4.21 Å². The normalized spacial score (nSPS) is 12.2. The summed E-state index contributed by atoms with van der Waals surface area (Å²) in [6, 6.07) is 1.73. The maximum Gasteiger partial charge on any atom is 0.251 e. The van der Waals surface area contributed by atoms with Crippen molar-refractivity contribution in [3.05, 3.63) is 15.9 Å². The Morgan fingerprint density at radius 3 is 2.72 bits per heavy atom. The van der Waals surface area contributed by atoms with E-state index in [1.165, 1.54) is 11.3 Å². The van der Waals surface area contributed by atoms with Gasteiger partial charge in [0.15, 0.2) is 0 Å². The minimum Gasteiger partial charge on any atom is -0.379 e. The molecule has 4 nitrogen and oxygen atoms in total. The summed E-state index contributed by atoms with van der Waals surface area (Å²) in [6.07, 6.45) is 1.85. The van der Waals surface area contributed by atoms with Crippen LogP contribution in [0.5, 0.6) is 0 Å². The molecule has 0 aromatic carbocycles. The van der Waals surface area contributed by atoms with E-state index in [0.717, 1.165) is 12.8 Å². The molecule has 0 aliphatic rings. The lowest BCUT2D eigenvalue weighted by atomic mass is 10.3. The first-order valence-electron chi connectivity index (χ1n) is 5.78. The number of halogens is 1. The Kier molecular flexibility index (Phi) is 6.79. The standard InChI is InChI=1S/C11H18BrNO3S2/c1-9(2)16-7-4-3-6-13-18(14,15)11-10(12)5-8-17-11/h5,8-9,13H,3-4,6-7H2,1-2H3. The molecular weight excluding hydrogens is 338 g/mol. The summed E-state index contributed by atoms with van der Waals surface area (Å²) in [5.74, 6) is 0. The Morgan fingerprint density at radius 1 is 1.44 bits per heavy atom. The molecule has 1 N–H and O–H groups in total. The summed E-state index contributed by atoms with van der Waals surface area (Å²) >= 11 is 4.43. The van der Waals surface area contributed by atoms with Gasteiger partial charge in [-0.05, 0) is 54.1 Å². The van der Waals surface area contributed by atoms with Gasteiger partial charge >= 0.3 is 0 Å². The van der Waals surface area contributed by atoms with Gasteiger partial charge in [0.2, 0.25) is 0 Å².